The van der Waals surface area contributed by atoms with Gasteiger partial charge in [-0.15, -0.1) is 0 Å². The zero-order valence-corrected chi connectivity index (χ0v) is 12.6. The summed E-state index contributed by atoms with van der Waals surface area (Å²) in [7, 11) is -3.93. The molecule has 1 aliphatic heterocycles. The van der Waals surface area contributed by atoms with Gasteiger partial charge in [0, 0.05) is 6.07 Å². The van der Waals surface area contributed by atoms with E-state index in [2.05, 4.69) is 4.72 Å². The molecule has 0 aromatic heterocycles. The maximum atomic E-state index is 12.3. The number of carboxylic acid groups (broad SMARTS) is 1. The number of hydrogen-bond donors (Lipinski definition) is 1. The van der Waals surface area contributed by atoms with Crippen molar-refractivity contribution in [2.24, 2.45) is 0 Å². The van der Waals surface area contributed by atoms with Crippen molar-refractivity contribution < 1.29 is 27.8 Å². The number of rotatable bonds is 4. The predicted molar refractivity (Wildman–Crippen MR) is 79.0 cm³/mol. The minimum Gasteiger partial charge on any atom is -0.545 e. The fourth-order valence-corrected chi connectivity index (χ4v) is 3.21. The molecule has 0 atom stereocenters. The van der Waals surface area contributed by atoms with Crippen molar-refractivity contribution in [1.29, 1.82) is 0 Å². The standard InChI is InChI=1S/C15H13NO6S/c17-15(18)10-2-1-3-12(8-10)23(19,20)16-11-4-5-13-14(9-11)22-7-6-21-13/h1-5,8-9,16H,6-7H2,(H,17,18)/p-1. The highest BCUT2D eigenvalue weighted by Crippen LogP contribution is 2.33. The van der Waals surface area contributed by atoms with Gasteiger partial charge < -0.3 is 19.4 Å². The van der Waals surface area contributed by atoms with E-state index >= 15 is 0 Å². The molecule has 0 saturated heterocycles. The maximum Gasteiger partial charge on any atom is 0.261 e. The first-order chi connectivity index (χ1) is 11.0. The van der Waals surface area contributed by atoms with Crippen LogP contribution in [0.5, 0.6) is 11.5 Å². The van der Waals surface area contributed by atoms with Gasteiger partial charge in [-0.2, -0.15) is 0 Å². The molecule has 0 radical (unpaired) electrons. The first-order valence-electron chi connectivity index (χ1n) is 6.69. The summed E-state index contributed by atoms with van der Waals surface area (Å²) in [6, 6.07) is 9.58. The van der Waals surface area contributed by atoms with E-state index in [0.29, 0.717) is 24.7 Å². The number of benzene rings is 2. The third-order valence-electron chi connectivity index (χ3n) is 3.17. The van der Waals surface area contributed by atoms with Gasteiger partial charge >= 0.3 is 0 Å². The molecule has 1 aliphatic rings. The maximum absolute atomic E-state index is 12.3. The quantitative estimate of drug-likeness (QED) is 0.879. The average Bonchev–Trinajstić information content (AvgIpc) is 2.54. The summed E-state index contributed by atoms with van der Waals surface area (Å²) < 4.78 is 37.8. The Bertz CT molecular complexity index is 862. The van der Waals surface area contributed by atoms with Crippen LogP contribution in [0, 0.1) is 0 Å². The van der Waals surface area contributed by atoms with Crippen LogP contribution in [0.25, 0.3) is 0 Å². The number of aromatic carboxylic acids is 1. The lowest BCUT2D eigenvalue weighted by molar-refractivity contribution is -0.255. The van der Waals surface area contributed by atoms with Crippen molar-refractivity contribution in [3.63, 3.8) is 0 Å². The molecule has 0 aliphatic carbocycles. The van der Waals surface area contributed by atoms with Gasteiger partial charge in [0.2, 0.25) is 0 Å². The van der Waals surface area contributed by atoms with Crippen molar-refractivity contribution in [3.8, 4) is 11.5 Å². The molecule has 0 amide bonds. The molecule has 2 aromatic rings. The van der Waals surface area contributed by atoms with Gasteiger partial charge in [0.1, 0.15) is 13.2 Å². The number of nitrogens with one attached hydrogen (secondary N) is 1. The molecule has 2 aromatic carbocycles. The summed E-state index contributed by atoms with van der Waals surface area (Å²) in [5.74, 6) is -0.459. The van der Waals surface area contributed by atoms with Crippen LogP contribution < -0.4 is 19.3 Å². The number of ether oxygens (including phenoxy) is 2. The number of carboxylic acids is 1. The van der Waals surface area contributed by atoms with E-state index in [1.54, 1.807) is 6.07 Å². The third-order valence-corrected chi connectivity index (χ3v) is 4.55. The van der Waals surface area contributed by atoms with Crippen LogP contribution >= 0.6 is 0 Å². The van der Waals surface area contributed by atoms with Gasteiger partial charge in [-0.25, -0.2) is 8.42 Å². The Labute approximate surface area is 132 Å². The molecular formula is C15H12NO6S-. The Balaban J connectivity index is 1.89. The Morgan fingerprint density at radius 3 is 2.52 bits per heavy atom. The Morgan fingerprint density at radius 1 is 1.04 bits per heavy atom. The summed E-state index contributed by atoms with van der Waals surface area (Å²) in [6.07, 6.45) is 0. The van der Waals surface area contributed by atoms with E-state index in [9.17, 15) is 18.3 Å². The molecule has 1 heterocycles. The van der Waals surface area contributed by atoms with E-state index in [4.69, 9.17) is 9.47 Å². The van der Waals surface area contributed by atoms with E-state index in [1.165, 1.54) is 30.3 Å². The smallest absolute Gasteiger partial charge is 0.261 e. The number of sulfonamides is 1. The minimum absolute atomic E-state index is 0.172. The lowest BCUT2D eigenvalue weighted by Gasteiger charge is -2.19. The van der Waals surface area contributed by atoms with Crippen molar-refractivity contribution in [2.75, 3.05) is 17.9 Å². The third kappa shape index (κ3) is 3.21. The highest BCUT2D eigenvalue weighted by Gasteiger charge is 2.17. The number of fused-ring (bicyclic) bond motifs is 1. The second-order valence-electron chi connectivity index (χ2n) is 4.78. The summed E-state index contributed by atoms with van der Waals surface area (Å²) in [5.41, 5.74) is 0.0724. The van der Waals surface area contributed by atoms with Crippen molar-refractivity contribution >= 4 is 21.7 Å². The van der Waals surface area contributed by atoms with Gasteiger partial charge in [0.05, 0.1) is 16.6 Å². The van der Waals surface area contributed by atoms with Crippen LogP contribution in [0.15, 0.2) is 47.4 Å². The van der Waals surface area contributed by atoms with Crippen LogP contribution in [0.3, 0.4) is 0 Å². The molecule has 0 fully saturated rings. The lowest BCUT2D eigenvalue weighted by Crippen LogP contribution is -2.23. The molecule has 0 bridgehead atoms. The van der Waals surface area contributed by atoms with Crippen LogP contribution in [-0.2, 0) is 10.0 Å². The summed E-state index contributed by atoms with van der Waals surface area (Å²) in [6.45, 7) is 0.824. The van der Waals surface area contributed by atoms with Gasteiger partial charge in [-0.1, -0.05) is 12.1 Å². The highest BCUT2D eigenvalue weighted by molar-refractivity contribution is 7.92. The number of carbonyl (C=O) groups excluding carboxylic acids is 1. The minimum atomic E-state index is -3.93. The Morgan fingerprint density at radius 2 is 1.78 bits per heavy atom. The number of hydrogen-bond acceptors (Lipinski definition) is 6. The molecule has 0 spiro atoms. The fraction of sp³-hybridized carbons (Fsp3) is 0.133. The molecular weight excluding hydrogens is 322 g/mol. The SMILES string of the molecule is O=C([O-])c1cccc(S(=O)(=O)Nc2ccc3c(c2)OCCO3)c1. The van der Waals surface area contributed by atoms with Gasteiger partial charge in [-0.05, 0) is 29.8 Å². The monoisotopic (exact) mass is 334 g/mol. The molecule has 8 heteroatoms. The molecule has 1 N–H and O–H groups in total. The van der Waals surface area contributed by atoms with Gasteiger partial charge in [0.25, 0.3) is 10.0 Å². The van der Waals surface area contributed by atoms with E-state index in [1.807, 2.05) is 0 Å². The normalized spacial score (nSPS) is 13.4. The van der Waals surface area contributed by atoms with Crippen LogP contribution in [0.4, 0.5) is 5.69 Å². The number of anilines is 1. The Hall–Kier alpha value is -2.74. The fourth-order valence-electron chi connectivity index (χ4n) is 2.11. The molecule has 120 valence electrons. The second kappa shape index (κ2) is 5.81. The zero-order chi connectivity index (χ0) is 16.4. The molecule has 3 rings (SSSR count). The van der Waals surface area contributed by atoms with Crippen LogP contribution in [0.2, 0.25) is 0 Å². The molecule has 7 nitrogen and oxygen atoms in total. The molecule has 0 saturated carbocycles. The predicted octanol–water partition coefficient (Wildman–Crippen LogP) is 0.622. The second-order valence-corrected chi connectivity index (χ2v) is 6.46. The summed E-state index contributed by atoms with van der Waals surface area (Å²) in [4.78, 5) is 10.7. The van der Waals surface area contributed by atoms with Gasteiger partial charge in [0.15, 0.2) is 11.5 Å². The molecule has 23 heavy (non-hydrogen) atoms. The molecule has 0 unspecified atom stereocenters. The highest BCUT2D eigenvalue weighted by atomic mass is 32.2. The van der Waals surface area contributed by atoms with Gasteiger partial charge in [-0.3, -0.25) is 4.72 Å². The average molecular weight is 334 g/mol. The van der Waals surface area contributed by atoms with E-state index < -0.39 is 16.0 Å². The van der Waals surface area contributed by atoms with E-state index in [-0.39, 0.29) is 16.1 Å². The Kier molecular flexibility index (Phi) is 3.83. The zero-order valence-electron chi connectivity index (χ0n) is 11.8. The van der Waals surface area contributed by atoms with Crippen molar-refractivity contribution in [2.45, 2.75) is 4.90 Å². The largest absolute Gasteiger partial charge is 0.545 e. The topological polar surface area (TPSA) is 105 Å². The first-order valence-corrected chi connectivity index (χ1v) is 8.18. The summed E-state index contributed by atoms with van der Waals surface area (Å²) in [5, 5.41) is 10.8. The van der Waals surface area contributed by atoms with Crippen molar-refractivity contribution in [3.05, 3.63) is 48.0 Å². The van der Waals surface area contributed by atoms with Crippen molar-refractivity contribution in [1.82, 2.24) is 0 Å². The lowest BCUT2D eigenvalue weighted by atomic mass is 10.2. The van der Waals surface area contributed by atoms with Crippen LogP contribution in [0.1, 0.15) is 10.4 Å². The first kappa shape index (κ1) is 15.2. The summed E-state index contributed by atoms with van der Waals surface area (Å²) >= 11 is 0. The van der Waals surface area contributed by atoms with Crippen LogP contribution in [-0.4, -0.2) is 27.6 Å². The van der Waals surface area contributed by atoms with E-state index in [0.717, 1.165) is 6.07 Å². The number of carbonyl (C=O) groups is 1.